The maximum Gasteiger partial charge on any atom is 0.338 e. The van der Waals surface area contributed by atoms with Crippen LogP contribution in [0.25, 0.3) is 0 Å². The summed E-state index contributed by atoms with van der Waals surface area (Å²) in [4.78, 5) is 13.3. The van der Waals surface area contributed by atoms with Gasteiger partial charge < -0.3 is 9.64 Å². The molecule has 0 aromatic heterocycles. The molecule has 0 heterocycles. The second-order valence-electron chi connectivity index (χ2n) is 3.28. The first kappa shape index (κ1) is 11.9. The molecule has 15 heavy (non-hydrogen) atoms. The zero-order valence-corrected chi connectivity index (χ0v) is 9.84. The molecule has 0 aliphatic rings. The van der Waals surface area contributed by atoms with Gasteiger partial charge in [-0.25, -0.2) is 4.79 Å². The van der Waals surface area contributed by atoms with Gasteiger partial charge in [0.1, 0.15) is 0 Å². The minimum Gasteiger partial charge on any atom is -0.462 e. The highest BCUT2D eigenvalue weighted by molar-refractivity contribution is 6.33. The first-order chi connectivity index (χ1) is 7.06. The summed E-state index contributed by atoms with van der Waals surface area (Å²) in [6, 6.07) is 5.13. The number of halogens is 1. The Morgan fingerprint density at radius 2 is 2.13 bits per heavy atom. The van der Waals surface area contributed by atoms with Crippen molar-refractivity contribution in [2.75, 3.05) is 25.6 Å². The molecule has 0 saturated heterocycles. The molecule has 0 radical (unpaired) electrons. The zero-order chi connectivity index (χ0) is 11.4. The number of esters is 1. The van der Waals surface area contributed by atoms with Crippen molar-refractivity contribution in [1.82, 2.24) is 0 Å². The van der Waals surface area contributed by atoms with Crippen molar-refractivity contribution in [3.05, 3.63) is 28.8 Å². The molecule has 4 heteroatoms. The summed E-state index contributed by atoms with van der Waals surface area (Å²) < 4.78 is 4.87. The van der Waals surface area contributed by atoms with Gasteiger partial charge in [-0.3, -0.25) is 0 Å². The number of nitrogens with zero attached hydrogens (tertiary/aromatic N) is 1. The molecule has 1 rings (SSSR count). The van der Waals surface area contributed by atoms with Crippen LogP contribution in [0.4, 0.5) is 5.69 Å². The molecule has 0 aliphatic heterocycles. The number of rotatable bonds is 3. The lowest BCUT2D eigenvalue weighted by Gasteiger charge is -2.14. The third-order valence-electron chi connectivity index (χ3n) is 1.94. The van der Waals surface area contributed by atoms with Crippen LogP contribution in [0.2, 0.25) is 5.02 Å². The van der Waals surface area contributed by atoms with Crippen molar-refractivity contribution >= 4 is 23.3 Å². The SMILES string of the molecule is CCOC(=O)c1ccc(N(C)C)c(Cl)c1. The summed E-state index contributed by atoms with van der Waals surface area (Å²) >= 11 is 6.02. The van der Waals surface area contributed by atoms with Crippen LogP contribution in [0, 0.1) is 0 Å². The Morgan fingerprint density at radius 3 is 2.60 bits per heavy atom. The van der Waals surface area contributed by atoms with E-state index in [4.69, 9.17) is 16.3 Å². The number of carbonyl (C=O) groups excluding carboxylic acids is 1. The molecule has 0 aliphatic carbocycles. The number of anilines is 1. The van der Waals surface area contributed by atoms with Gasteiger partial charge in [-0.05, 0) is 25.1 Å². The number of hydrogen-bond acceptors (Lipinski definition) is 3. The van der Waals surface area contributed by atoms with Gasteiger partial charge in [0.05, 0.1) is 22.9 Å². The number of carbonyl (C=O) groups is 1. The fraction of sp³-hybridized carbons (Fsp3) is 0.364. The first-order valence-electron chi connectivity index (χ1n) is 4.70. The number of benzene rings is 1. The minimum atomic E-state index is -0.343. The largest absolute Gasteiger partial charge is 0.462 e. The van der Waals surface area contributed by atoms with E-state index in [1.807, 2.05) is 19.0 Å². The van der Waals surface area contributed by atoms with Crippen LogP contribution >= 0.6 is 11.6 Å². The van der Waals surface area contributed by atoms with E-state index in [0.717, 1.165) is 5.69 Å². The lowest BCUT2D eigenvalue weighted by molar-refractivity contribution is 0.0526. The van der Waals surface area contributed by atoms with Crippen LogP contribution in [-0.4, -0.2) is 26.7 Å². The Hall–Kier alpha value is -1.22. The number of hydrogen-bond donors (Lipinski definition) is 0. The van der Waals surface area contributed by atoms with Gasteiger partial charge in [0.25, 0.3) is 0 Å². The van der Waals surface area contributed by atoms with Gasteiger partial charge in [-0.2, -0.15) is 0 Å². The van der Waals surface area contributed by atoms with Gasteiger partial charge in [0, 0.05) is 14.1 Å². The second kappa shape index (κ2) is 5.03. The molecule has 0 fully saturated rings. The van der Waals surface area contributed by atoms with E-state index in [9.17, 15) is 4.79 Å². The van der Waals surface area contributed by atoms with E-state index in [0.29, 0.717) is 17.2 Å². The van der Waals surface area contributed by atoms with E-state index in [1.54, 1.807) is 25.1 Å². The topological polar surface area (TPSA) is 29.5 Å². The Kier molecular flexibility index (Phi) is 3.97. The smallest absolute Gasteiger partial charge is 0.338 e. The Balaban J connectivity index is 2.96. The predicted molar refractivity (Wildman–Crippen MR) is 61.7 cm³/mol. The summed E-state index contributed by atoms with van der Waals surface area (Å²) in [6.07, 6.45) is 0. The van der Waals surface area contributed by atoms with Gasteiger partial charge >= 0.3 is 5.97 Å². The lowest BCUT2D eigenvalue weighted by Crippen LogP contribution is -2.10. The molecule has 82 valence electrons. The van der Waals surface area contributed by atoms with Crippen molar-refractivity contribution in [1.29, 1.82) is 0 Å². The highest BCUT2D eigenvalue weighted by Gasteiger charge is 2.09. The van der Waals surface area contributed by atoms with E-state index >= 15 is 0 Å². The minimum absolute atomic E-state index is 0.343. The van der Waals surface area contributed by atoms with Crippen LogP contribution in [-0.2, 0) is 4.74 Å². The van der Waals surface area contributed by atoms with Crippen LogP contribution in [0.15, 0.2) is 18.2 Å². The molecule has 3 nitrogen and oxygen atoms in total. The third kappa shape index (κ3) is 2.86. The summed E-state index contributed by atoms with van der Waals surface area (Å²) in [7, 11) is 3.79. The fourth-order valence-electron chi connectivity index (χ4n) is 1.21. The molecule has 0 saturated carbocycles. The summed E-state index contributed by atoms with van der Waals surface area (Å²) in [6.45, 7) is 2.14. The van der Waals surface area contributed by atoms with E-state index in [2.05, 4.69) is 0 Å². The van der Waals surface area contributed by atoms with Crippen LogP contribution in [0.3, 0.4) is 0 Å². The average molecular weight is 228 g/mol. The van der Waals surface area contributed by atoms with Crippen molar-refractivity contribution in [3.8, 4) is 0 Å². The lowest BCUT2D eigenvalue weighted by atomic mass is 10.2. The van der Waals surface area contributed by atoms with Gasteiger partial charge in [-0.15, -0.1) is 0 Å². The zero-order valence-electron chi connectivity index (χ0n) is 9.08. The van der Waals surface area contributed by atoms with E-state index < -0.39 is 0 Å². The summed E-state index contributed by atoms with van der Waals surface area (Å²) in [5.74, 6) is -0.343. The first-order valence-corrected chi connectivity index (χ1v) is 5.08. The molecule has 1 aromatic rings. The molecule has 0 N–H and O–H groups in total. The maximum atomic E-state index is 11.4. The van der Waals surface area contributed by atoms with E-state index in [1.165, 1.54) is 0 Å². The molecule has 0 bridgehead atoms. The molecule has 1 aromatic carbocycles. The Bertz CT molecular complexity index is 364. The molecular weight excluding hydrogens is 214 g/mol. The Morgan fingerprint density at radius 1 is 1.47 bits per heavy atom. The average Bonchev–Trinajstić information content (AvgIpc) is 2.17. The number of ether oxygens (including phenoxy) is 1. The van der Waals surface area contributed by atoms with Crippen molar-refractivity contribution in [2.45, 2.75) is 6.92 Å². The van der Waals surface area contributed by atoms with Gasteiger partial charge in [-0.1, -0.05) is 11.6 Å². The van der Waals surface area contributed by atoms with Gasteiger partial charge in [0.2, 0.25) is 0 Å². The summed E-state index contributed by atoms with van der Waals surface area (Å²) in [5, 5.41) is 0.547. The molecular formula is C11H14ClNO2. The highest BCUT2D eigenvalue weighted by atomic mass is 35.5. The van der Waals surface area contributed by atoms with Crippen molar-refractivity contribution < 1.29 is 9.53 Å². The van der Waals surface area contributed by atoms with Crippen LogP contribution in [0.5, 0.6) is 0 Å². The van der Waals surface area contributed by atoms with Crippen molar-refractivity contribution in [3.63, 3.8) is 0 Å². The van der Waals surface area contributed by atoms with Gasteiger partial charge in [0.15, 0.2) is 0 Å². The molecule has 0 spiro atoms. The van der Waals surface area contributed by atoms with Crippen LogP contribution in [0.1, 0.15) is 17.3 Å². The van der Waals surface area contributed by atoms with Crippen LogP contribution < -0.4 is 4.90 Å². The predicted octanol–water partition coefficient (Wildman–Crippen LogP) is 2.58. The Labute approximate surface area is 94.6 Å². The normalized spacial score (nSPS) is 9.87. The molecule has 0 unspecified atom stereocenters. The molecule has 0 atom stereocenters. The van der Waals surface area contributed by atoms with E-state index in [-0.39, 0.29) is 5.97 Å². The third-order valence-corrected chi connectivity index (χ3v) is 2.24. The molecule has 0 amide bonds. The summed E-state index contributed by atoms with van der Waals surface area (Å²) in [5.41, 5.74) is 1.36. The highest BCUT2D eigenvalue weighted by Crippen LogP contribution is 2.25. The second-order valence-corrected chi connectivity index (χ2v) is 3.69. The quantitative estimate of drug-likeness (QED) is 0.744. The van der Waals surface area contributed by atoms with Crippen molar-refractivity contribution in [2.24, 2.45) is 0 Å². The standard InChI is InChI=1S/C11H14ClNO2/c1-4-15-11(14)8-5-6-10(13(2)3)9(12)7-8/h5-7H,4H2,1-3H3. The maximum absolute atomic E-state index is 11.4. The fourth-order valence-corrected chi connectivity index (χ4v) is 1.56. The monoisotopic (exact) mass is 227 g/mol.